The van der Waals surface area contributed by atoms with Gasteiger partial charge in [-0.15, -0.1) is 0 Å². The molecule has 0 bridgehead atoms. The minimum atomic E-state index is -0.0580. The van der Waals surface area contributed by atoms with Crippen molar-refractivity contribution in [2.45, 2.75) is 45.9 Å². The van der Waals surface area contributed by atoms with Crippen LogP contribution < -0.4 is 15.0 Å². The Morgan fingerprint density at radius 2 is 1.68 bits per heavy atom. The second-order valence-corrected chi connectivity index (χ2v) is 8.34. The molecule has 0 saturated heterocycles. The zero-order valence-corrected chi connectivity index (χ0v) is 18.3. The highest BCUT2D eigenvalue weighted by Gasteiger charge is 2.16. The summed E-state index contributed by atoms with van der Waals surface area (Å²) in [6.07, 6.45) is 2.49. The van der Waals surface area contributed by atoms with Crippen molar-refractivity contribution in [1.82, 2.24) is 5.32 Å². The van der Waals surface area contributed by atoms with Crippen molar-refractivity contribution in [2.24, 2.45) is 0 Å². The third-order valence-electron chi connectivity index (χ3n) is 5.54. The van der Waals surface area contributed by atoms with Crippen LogP contribution in [-0.4, -0.2) is 18.6 Å². The van der Waals surface area contributed by atoms with Crippen LogP contribution in [0.25, 0.3) is 0 Å². The molecule has 1 N–H and O–H groups in total. The van der Waals surface area contributed by atoms with Crippen molar-refractivity contribution in [3.63, 3.8) is 0 Å². The van der Waals surface area contributed by atoms with Crippen LogP contribution in [0, 0.1) is 0 Å². The summed E-state index contributed by atoms with van der Waals surface area (Å²) in [7, 11) is 0. The molecule has 160 valence electrons. The van der Waals surface area contributed by atoms with Gasteiger partial charge < -0.3 is 15.0 Å². The minimum Gasteiger partial charge on any atom is -0.491 e. The van der Waals surface area contributed by atoms with Gasteiger partial charge in [0.15, 0.2) is 0 Å². The van der Waals surface area contributed by atoms with Crippen LogP contribution >= 0.6 is 0 Å². The second-order valence-electron chi connectivity index (χ2n) is 8.34. The number of nitrogens with one attached hydrogen (secondary N) is 1. The van der Waals surface area contributed by atoms with Crippen molar-refractivity contribution in [1.29, 1.82) is 0 Å². The highest BCUT2D eigenvalue weighted by atomic mass is 16.5. The maximum Gasteiger partial charge on any atom is 0.251 e. The zero-order valence-electron chi connectivity index (χ0n) is 18.3. The van der Waals surface area contributed by atoms with E-state index in [-0.39, 0.29) is 12.0 Å². The molecule has 1 aliphatic heterocycles. The van der Waals surface area contributed by atoms with Crippen molar-refractivity contribution >= 4 is 11.6 Å². The van der Waals surface area contributed by atoms with Crippen LogP contribution in [0.5, 0.6) is 5.75 Å². The Labute approximate surface area is 184 Å². The molecular weight excluding hydrogens is 384 g/mol. The van der Waals surface area contributed by atoms with E-state index in [4.69, 9.17) is 4.74 Å². The molecule has 1 heterocycles. The van der Waals surface area contributed by atoms with Gasteiger partial charge in [0, 0.05) is 30.9 Å². The van der Waals surface area contributed by atoms with E-state index < -0.39 is 0 Å². The Hall–Kier alpha value is -3.27. The van der Waals surface area contributed by atoms with Crippen LogP contribution in [0.3, 0.4) is 0 Å². The summed E-state index contributed by atoms with van der Waals surface area (Å²) in [6.45, 7) is 6.44. The van der Waals surface area contributed by atoms with Gasteiger partial charge in [0.25, 0.3) is 5.91 Å². The van der Waals surface area contributed by atoms with Crippen molar-refractivity contribution in [3.8, 4) is 5.75 Å². The Kier molecular flexibility index (Phi) is 6.56. The Bertz CT molecular complexity index is 1010. The van der Waals surface area contributed by atoms with Crippen LogP contribution in [0.2, 0.25) is 0 Å². The Morgan fingerprint density at radius 3 is 2.42 bits per heavy atom. The molecule has 4 heteroatoms. The molecule has 4 rings (SSSR count). The molecule has 0 radical (unpaired) electrons. The number of hydrogen-bond acceptors (Lipinski definition) is 3. The summed E-state index contributed by atoms with van der Waals surface area (Å²) in [4.78, 5) is 15.0. The lowest BCUT2D eigenvalue weighted by atomic mass is 10.0. The monoisotopic (exact) mass is 414 g/mol. The number of nitrogens with zero attached hydrogens (tertiary/aromatic N) is 1. The number of aryl methyl sites for hydroxylation is 1. The highest BCUT2D eigenvalue weighted by Crippen LogP contribution is 2.28. The molecular formula is C27H30N2O2. The summed E-state index contributed by atoms with van der Waals surface area (Å²) in [5, 5.41) is 3.00. The topological polar surface area (TPSA) is 41.6 Å². The van der Waals surface area contributed by atoms with E-state index in [1.54, 1.807) is 0 Å². The number of rotatable bonds is 7. The lowest BCUT2D eigenvalue weighted by Crippen LogP contribution is -2.28. The van der Waals surface area contributed by atoms with Crippen LogP contribution in [-0.2, 0) is 19.5 Å². The lowest BCUT2D eigenvalue weighted by Gasteiger charge is -2.31. The molecule has 4 nitrogen and oxygen atoms in total. The first kappa shape index (κ1) is 21.0. The molecule has 3 aromatic carbocycles. The largest absolute Gasteiger partial charge is 0.491 e. The third kappa shape index (κ3) is 5.46. The second kappa shape index (κ2) is 9.69. The Balaban J connectivity index is 1.32. The van der Waals surface area contributed by atoms with Gasteiger partial charge in [-0.05, 0) is 73.7 Å². The first-order valence-corrected chi connectivity index (χ1v) is 11.0. The van der Waals surface area contributed by atoms with Crippen LogP contribution in [0.4, 0.5) is 5.69 Å². The van der Waals surface area contributed by atoms with E-state index in [1.807, 2.05) is 50.2 Å². The van der Waals surface area contributed by atoms with Gasteiger partial charge in [-0.2, -0.15) is 0 Å². The summed E-state index contributed by atoms with van der Waals surface area (Å²) >= 11 is 0. The van der Waals surface area contributed by atoms with Gasteiger partial charge in [-0.3, -0.25) is 4.79 Å². The van der Waals surface area contributed by atoms with Crippen LogP contribution in [0.1, 0.15) is 47.3 Å². The van der Waals surface area contributed by atoms with E-state index in [9.17, 15) is 4.79 Å². The molecule has 1 amide bonds. The number of amides is 1. The maximum atomic E-state index is 12.5. The van der Waals surface area contributed by atoms with Crippen molar-refractivity contribution < 1.29 is 9.53 Å². The van der Waals surface area contributed by atoms with Gasteiger partial charge in [0.1, 0.15) is 5.75 Å². The lowest BCUT2D eigenvalue weighted by molar-refractivity contribution is 0.0951. The number of ether oxygens (including phenoxy) is 1. The fourth-order valence-electron chi connectivity index (χ4n) is 4.00. The first-order chi connectivity index (χ1) is 15.1. The molecule has 0 aliphatic carbocycles. The number of benzene rings is 3. The van der Waals surface area contributed by atoms with E-state index >= 15 is 0 Å². The normalized spacial score (nSPS) is 13.1. The molecule has 0 saturated carbocycles. The minimum absolute atomic E-state index is 0.0580. The quantitative estimate of drug-likeness (QED) is 0.566. The Morgan fingerprint density at radius 1 is 0.968 bits per heavy atom. The van der Waals surface area contributed by atoms with Gasteiger partial charge in [-0.25, -0.2) is 0 Å². The smallest absolute Gasteiger partial charge is 0.251 e. The summed E-state index contributed by atoms with van der Waals surface area (Å²) in [5.74, 6) is 0.786. The average Bonchev–Trinajstić information content (AvgIpc) is 2.79. The molecule has 1 aliphatic rings. The number of hydrogen-bond donors (Lipinski definition) is 1. The number of para-hydroxylation sites is 1. The SMILES string of the molecule is CC(C)Oc1ccc(CNC(=O)c2ccc(CN3CCCc4ccccc43)cc2)cc1. The third-order valence-corrected chi connectivity index (χ3v) is 5.54. The highest BCUT2D eigenvalue weighted by molar-refractivity contribution is 5.94. The number of carbonyl (C=O) groups excluding carboxylic acids is 1. The molecule has 0 atom stereocenters. The molecule has 3 aromatic rings. The predicted octanol–water partition coefficient (Wildman–Crippen LogP) is 5.36. The predicted molar refractivity (Wildman–Crippen MR) is 126 cm³/mol. The van der Waals surface area contributed by atoms with Gasteiger partial charge in [0.2, 0.25) is 0 Å². The zero-order chi connectivity index (χ0) is 21.6. The molecule has 31 heavy (non-hydrogen) atoms. The van der Waals surface area contributed by atoms with Gasteiger partial charge in [0.05, 0.1) is 6.10 Å². The van der Waals surface area contributed by atoms with Crippen molar-refractivity contribution in [3.05, 3.63) is 95.1 Å². The fraction of sp³-hybridized carbons (Fsp3) is 0.296. The van der Waals surface area contributed by atoms with E-state index in [2.05, 4.69) is 46.6 Å². The fourth-order valence-corrected chi connectivity index (χ4v) is 4.00. The van der Waals surface area contributed by atoms with E-state index in [0.29, 0.717) is 12.1 Å². The maximum absolute atomic E-state index is 12.5. The molecule has 0 aromatic heterocycles. The summed E-state index contributed by atoms with van der Waals surface area (Å²) in [5.41, 5.74) is 5.70. The molecule has 0 spiro atoms. The van der Waals surface area contributed by atoms with E-state index in [1.165, 1.54) is 23.2 Å². The van der Waals surface area contributed by atoms with Gasteiger partial charge in [-0.1, -0.05) is 42.5 Å². The number of carbonyl (C=O) groups is 1. The molecule has 0 fully saturated rings. The number of fused-ring (bicyclic) bond motifs is 1. The summed E-state index contributed by atoms with van der Waals surface area (Å²) < 4.78 is 5.66. The van der Waals surface area contributed by atoms with E-state index in [0.717, 1.165) is 30.8 Å². The van der Waals surface area contributed by atoms with Crippen LogP contribution in [0.15, 0.2) is 72.8 Å². The van der Waals surface area contributed by atoms with Crippen molar-refractivity contribution in [2.75, 3.05) is 11.4 Å². The molecule has 0 unspecified atom stereocenters. The van der Waals surface area contributed by atoms with Gasteiger partial charge >= 0.3 is 0 Å². The standard InChI is InChI=1S/C27H30N2O2/c1-20(2)31-25-15-11-21(12-16-25)18-28-27(30)24-13-9-22(10-14-24)19-29-17-5-7-23-6-3-4-8-26(23)29/h3-4,6,8-16,20H,5,7,17-19H2,1-2H3,(H,28,30). The summed E-state index contributed by atoms with van der Waals surface area (Å²) in [6, 6.07) is 24.4. The first-order valence-electron chi connectivity index (χ1n) is 11.0. The number of anilines is 1. The average molecular weight is 415 g/mol.